The number of carbonyl (C=O) groups excluding carboxylic acids is 1. The van der Waals surface area contributed by atoms with Gasteiger partial charge < -0.3 is 15.4 Å². The molecule has 1 aliphatic rings. The molecule has 1 amide bonds. The molecule has 0 spiro atoms. The fraction of sp³-hybridized carbons (Fsp3) is 0.520. The van der Waals surface area contributed by atoms with E-state index in [9.17, 15) is 13.2 Å². The first-order chi connectivity index (χ1) is 17.0. The maximum Gasteiger partial charge on any atom is 0.222 e. The summed E-state index contributed by atoms with van der Waals surface area (Å²) in [6.07, 6.45) is 8.38. The second-order valence-corrected chi connectivity index (χ2v) is 12.3. The normalized spacial score (nSPS) is 18.8. The Bertz CT molecular complexity index is 1310. The number of fused-ring (bicyclic) bond motifs is 1. The fourth-order valence-corrected chi connectivity index (χ4v) is 4.94. The smallest absolute Gasteiger partial charge is 0.222 e. The van der Waals surface area contributed by atoms with Crippen LogP contribution in [0.3, 0.4) is 0 Å². The highest BCUT2D eigenvalue weighted by atomic mass is 32.2. The highest BCUT2D eigenvalue weighted by molar-refractivity contribution is 7.90. The van der Waals surface area contributed by atoms with Gasteiger partial charge in [0.1, 0.15) is 12.1 Å². The van der Waals surface area contributed by atoms with Gasteiger partial charge in [-0.25, -0.2) is 23.1 Å². The Kier molecular flexibility index (Phi) is 7.60. The van der Waals surface area contributed by atoms with E-state index in [1.54, 1.807) is 35.1 Å². The van der Waals surface area contributed by atoms with Gasteiger partial charge in [0.05, 0.1) is 34.4 Å². The standard InChI is InChI=1S/C25H34N6O4S/c1-25(2,3)35-14-13-22(32)29-17-5-7-18(8-6-17)30-23-21-15-28-31(24(21)27-16-26-23)19-9-11-20(12-10-19)36(4,33)34/h9-12,15-18H,5-8,13-14H2,1-4H3,(H,29,32)(H,26,27,30). The summed E-state index contributed by atoms with van der Waals surface area (Å²) in [6, 6.07) is 6.96. The number of nitrogens with one attached hydrogen (secondary N) is 2. The predicted octanol–water partition coefficient (Wildman–Crippen LogP) is 3.26. The Morgan fingerprint density at radius 1 is 1.08 bits per heavy atom. The molecule has 4 rings (SSSR count). The van der Waals surface area contributed by atoms with Gasteiger partial charge in [-0.1, -0.05) is 0 Å². The molecule has 0 saturated heterocycles. The summed E-state index contributed by atoms with van der Waals surface area (Å²) in [5.41, 5.74) is 1.11. The van der Waals surface area contributed by atoms with Crippen LogP contribution < -0.4 is 10.6 Å². The lowest BCUT2D eigenvalue weighted by Crippen LogP contribution is -2.40. The number of benzene rings is 1. The van der Waals surface area contributed by atoms with Crippen molar-refractivity contribution < 1.29 is 17.9 Å². The van der Waals surface area contributed by atoms with E-state index in [0.29, 0.717) is 30.2 Å². The third kappa shape index (κ3) is 6.58. The Hall–Kier alpha value is -3.05. The highest BCUT2D eigenvalue weighted by Gasteiger charge is 2.24. The van der Waals surface area contributed by atoms with Gasteiger partial charge in [0.2, 0.25) is 5.91 Å². The first-order valence-corrected chi connectivity index (χ1v) is 14.1. The van der Waals surface area contributed by atoms with Gasteiger partial charge in [-0.15, -0.1) is 0 Å². The van der Waals surface area contributed by atoms with Gasteiger partial charge in [-0.3, -0.25) is 4.79 Å². The van der Waals surface area contributed by atoms with Crippen LogP contribution in [0, 0.1) is 0 Å². The van der Waals surface area contributed by atoms with E-state index in [1.165, 1.54) is 12.6 Å². The molecule has 0 atom stereocenters. The first-order valence-electron chi connectivity index (χ1n) is 12.2. The van der Waals surface area contributed by atoms with Gasteiger partial charge in [0.15, 0.2) is 15.5 Å². The van der Waals surface area contributed by atoms with E-state index in [4.69, 9.17) is 4.74 Å². The molecule has 1 saturated carbocycles. The topological polar surface area (TPSA) is 128 Å². The number of nitrogens with zero attached hydrogens (tertiary/aromatic N) is 4. The molecular formula is C25H34N6O4S. The quantitative estimate of drug-likeness (QED) is 0.469. The van der Waals surface area contributed by atoms with Gasteiger partial charge >= 0.3 is 0 Å². The molecule has 1 aliphatic carbocycles. The van der Waals surface area contributed by atoms with Crippen LogP contribution in [0.1, 0.15) is 52.9 Å². The van der Waals surface area contributed by atoms with Gasteiger partial charge in [0, 0.05) is 24.8 Å². The summed E-state index contributed by atoms with van der Waals surface area (Å²) in [5.74, 6) is 0.746. The second kappa shape index (κ2) is 10.5. The molecule has 1 aromatic carbocycles. The maximum absolute atomic E-state index is 12.2. The molecule has 0 radical (unpaired) electrons. The van der Waals surface area contributed by atoms with E-state index >= 15 is 0 Å². The van der Waals surface area contributed by atoms with Gasteiger partial charge in [-0.2, -0.15) is 5.10 Å². The molecule has 2 heterocycles. The zero-order chi connectivity index (χ0) is 25.9. The van der Waals surface area contributed by atoms with E-state index in [2.05, 4.69) is 25.7 Å². The zero-order valence-corrected chi connectivity index (χ0v) is 22.0. The fourth-order valence-electron chi connectivity index (χ4n) is 4.31. The minimum Gasteiger partial charge on any atom is -0.375 e. The maximum atomic E-state index is 12.2. The van der Waals surface area contributed by atoms with Crippen LogP contribution in [-0.4, -0.2) is 64.6 Å². The summed E-state index contributed by atoms with van der Waals surface area (Å²) >= 11 is 0. The highest BCUT2D eigenvalue weighted by Crippen LogP contribution is 2.26. The zero-order valence-electron chi connectivity index (χ0n) is 21.2. The van der Waals surface area contributed by atoms with Crippen molar-refractivity contribution in [3.8, 4) is 5.69 Å². The summed E-state index contributed by atoms with van der Waals surface area (Å²) in [5, 5.41) is 11.9. The van der Waals surface area contributed by atoms with Gasteiger partial charge in [0.25, 0.3) is 0 Å². The molecule has 0 bridgehead atoms. The average Bonchev–Trinajstić information content (AvgIpc) is 3.24. The minimum absolute atomic E-state index is 0.0325. The molecule has 2 N–H and O–H groups in total. The molecule has 3 aromatic rings. The Morgan fingerprint density at radius 2 is 1.75 bits per heavy atom. The van der Waals surface area contributed by atoms with Crippen LogP contribution in [0.2, 0.25) is 0 Å². The van der Waals surface area contributed by atoms with Crippen molar-refractivity contribution >= 4 is 32.6 Å². The molecule has 194 valence electrons. The van der Waals surface area contributed by atoms with E-state index < -0.39 is 9.84 Å². The number of ether oxygens (including phenoxy) is 1. The molecular weight excluding hydrogens is 480 g/mol. The Labute approximate surface area is 211 Å². The Morgan fingerprint density at radius 3 is 2.39 bits per heavy atom. The minimum atomic E-state index is -3.27. The average molecular weight is 515 g/mol. The molecule has 10 nitrogen and oxygen atoms in total. The number of anilines is 1. The van der Waals surface area contributed by atoms with Crippen LogP contribution in [0.5, 0.6) is 0 Å². The number of hydrogen-bond donors (Lipinski definition) is 2. The molecule has 0 unspecified atom stereocenters. The lowest BCUT2D eigenvalue weighted by Gasteiger charge is -2.30. The number of rotatable bonds is 8. The van der Waals surface area contributed by atoms with Crippen LogP contribution in [0.25, 0.3) is 16.7 Å². The Balaban J connectivity index is 1.35. The molecule has 0 aliphatic heterocycles. The van der Waals surface area contributed by atoms with E-state index in [1.807, 2.05) is 20.8 Å². The first kappa shape index (κ1) is 26.0. The molecule has 36 heavy (non-hydrogen) atoms. The number of hydrogen-bond acceptors (Lipinski definition) is 8. The van der Waals surface area contributed by atoms with Crippen molar-refractivity contribution in [2.45, 2.75) is 75.5 Å². The van der Waals surface area contributed by atoms with Crippen LogP contribution in [0.4, 0.5) is 5.82 Å². The number of carbonyl (C=O) groups is 1. The summed E-state index contributed by atoms with van der Waals surface area (Å²) in [6.45, 7) is 6.36. The predicted molar refractivity (Wildman–Crippen MR) is 138 cm³/mol. The van der Waals surface area contributed by atoms with Gasteiger partial charge in [-0.05, 0) is 70.7 Å². The van der Waals surface area contributed by atoms with Crippen molar-refractivity contribution in [1.29, 1.82) is 0 Å². The largest absolute Gasteiger partial charge is 0.375 e. The number of amides is 1. The molecule has 11 heteroatoms. The number of sulfone groups is 1. The van der Waals surface area contributed by atoms with Crippen LogP contribution >= 0.6 is 0 Å². The van der Waals surface area contributed by atoms with Crippen molar-refractivity contribution in [3.05, 3.63) is 36.8 Å². The third-order valence-electron chi connectivity index (χ3n) is 6.17. The second-order valence-electron chi connectivity index (χ2n) is 10.3. The molecule has 2 aromatic heterocycles. The van der Waals surface area contributed by atoms with E-state index in [0.717, 1.165) is 31.1 Å². The lowest BCUT2D eigenvalue weighted by atomic mass is 9.91. The third-order valence-corrected chi connectivity index (χ3v) is 7.30. The van der Waals surface area contributed by atoms with Crippen LogP contribution in [0.15, 0.2) is 41.7 Å². The lowest BCUT2D eigenvalue weighted by molar-refractivity contribution is -0.124. The monoisotopic (exact) mass is 514 g/mol. The summed E-state index contributed by atoms with van der Waals surface area (Å²) in [4.78, 5) is 21.3. The van der Waals surface area contributed by atoms with Crippen molar-refractivity contribution in [1.82, 2.24) is 25.1 Å². The van der Waals surface area contributed by atoms with Crippen molar-refractivity contribution in [2.24, 2.45) is 0 Å². The van der Waals surface area contributed by atoms with Crippen molar-refractivity contribution in [2.75, 3.05) is 18.2 Å². The summed E-state index contributed by atoms with van der Waals surface area (Å²) < 4.78 is 30.8. The SMILES string of the molecule is CC(C)(C)OCCC(=O)NC1CCC(Nc2ncnc3c2cnn3-c2ccc(S(C)(=O)=O)cc2)CC1. The van der Waals surface area contributed by atoms with E-state index in [-0.39, 0.29) is 28.5 Å². The van der Waals surface area contributed by atoms with Crippen LogP contribution in [-0.2, 0) is 19.4 Å². The van der Waals surface area contributed by atoms with Crippen molar-refractivity contribution in [3.63, 3.8) is 0 Å². The summed E-state index contributed by atoms with van der Waals surface area (Å²) in [7, 11) is -3.27. The number of aromatic nitrogens is 4. The molecule has 1 fully saturated rings.